The molecule has 0 fully saturated rings. The summed E-state index contributed by atoms with van der Waals surface area (Å²) in [5.74, 6) is -0.337. The zero-order valence-corrected chi connectivity index (χ0v) is 16.2. The Bertz CT molecular complexity index is 751. The van der Waals surface area contributed by atoms with Gasteiger partial charge < -0.3 is 15.0 Å². The standard InChI is InChI=1S/C16H22N4O2S2/c1-6-12-10(2)24-14(13(12)15(21)22-5)18-16(23)19(3)8-11-7-17-20(4)9-11/h7,9H,6,8H2,1-5H3,(H,18,23). The summed E-state index contributed by atoms with van der Waals surface area (Å²) in [7, 11) is 5.18. The van der Waals surface area contributed by atoms with Crippen LogP contribution in [0.4, 0.5) is 5.00 Å². The summed E-state index contributed by atoms with van der Waals surface area (Å²) in [6, 6.07) is 0. The molecule has 0 aromatic carbocycles. The molecule has 0 aliphatic carbocycles. The van der Waals surface area contributed by atoms with Gasteiger partial charge >= 0.3 is 5.97 Å². The van der Waals surface area contributed by atoms with Crippen molar-refractivity contribution in [3.8, 4) is 0 Å². The summed E-state index contributed by atoms with van der Waals surface area (Å²) in [5.41, 5.74) is 2.65. The molecule has 0 unspecified atom stereocenters. The first-order valence-corrected chi connectivity index (χ1v) is 8.80. The Hall–Kier alpha value is -1.93. The van der Waals surface area contributed by atoms with Crippen LogP contribution in [0, 0.1) is 6.92 Å². The third-order valence-electron chi connectivity index (χ3n) is 3.70. The van der Waals surface area contributed by atoms with Crippen molar-refractivity contribution in [2.45, 2.75) is 26.8 Å². The number of rotatable bonds is 5. The number of thiophene rings is 1. The predicted octanol–water partition coefficient (Wildman–Crippen LogP) is 2.97. The number of aromatic nitrogens is 2. The van der Waals surface area contributed by atoms with Crippen molar-refractivity contribution in [3.63, 3.8) is 0 Å². The van der Waals surface area contributed by atoms with Gasteiger partial charge in [-0.25, -0.2) is 4.79 Å². The number of hydrogen-bond acceptors (Lipinski definition) is 5. The van der Waals surface area contributed by atoms with Crippen molar-refractivity contribution in [3.05, 3.63) is 34.0 Å². The second kappa shape index (κ2) is 7.76. The number of thiocarbonyl (C=S) groups is 1. The molecular formula is C16H22N4O2S2. The average molecular weight is 367 g/mol. The van der Waals surface area contributed by atoms with Gasteiger partial charge in [-0.2, -0.15) is 5.10 Å². The Balaban J connectivity index is 2.17. The summed E-state index contributed by atoms with van der Waals surface area (Å²) >= 11 is 7.00. The highest BCUT2D eigenvalue weighted by atomic mass is 32.1. The van der Waals surface area contributed by atoms with Gasteiger partial charge in [0.2, 0.25) is 0 Å². The summed E-state index contributed by atoms with van der Waals surface area (Å²) < 4.78 is 6.69. The molecule has 0 aliphatic heterocycles. The second-order valence-corrected chi connectivity index (χ2v) is 7.11. The zero-order chi connectivity index (χ0) is 17.9. The molecule has 2 rings (SSSR count). The molecular weight excluding hydrogens is 344 g/mol. The van der Waals surface area contributed by atoms with Crippen molar-refractivity contribution >= 4 is 39.6 Å². The van der Waals surface area contributed by atoms with Crippen LogP contribution in [0.2, 0.25) is 0 Å². The van der Waals surface area contributed by atoms with E-state index in [4.69, 9.17) is 17.0 Å². The van der Waals surface area contributed by atoms with E-state index in [-0.39, 0.29) is 5.97 Å². The van der Waals surface area contributed by atoms with Crippen molar-refractivity contribution in [2.24, 2.45) is 7.05 Å². The molecule has 8 heteroatoms. The lowest BCUT2D eigenvalue weighted by Crippen LogP contribution is -2.30. The lowest BCUT2D eigenvalue weighted by molar-refractivity contribution is 0.0601. The van der Waals surface area contributed by atoms with Crippen LogP contribution >= 0.6 is 23.6 Å². The van der Waals surface area contributed by atoms with Gasteiger partial charge in [0.05, 0.1) is 18.9 Å². The molecule has 24 heavy (non-hydrogen) atoms. The minimum atomic E-state index is -0.337. The maximum atomic E-state index is 12.1. The minimum Gasteiger partial charge on any atom is -0.465 e. The summed E-state index contributed by atoms with van der Waals surface area (Å²) in [6.45, 7) is 4.67. The van der Waals surface area contributed by atoms with Crippen molar-refractivity contribution in [1.29, 1.82) is 0 Å². The minimum absolute atomic E-state index is 0.337. The molecule has 0 amide bonds. The second-order valence-electron chi connectivity index (χ2n) is 5.49. The van der Waals surface area contributed by atoms with E-state index in [1.807, 2.05) is 45.2 Å². The molecule has 2 aromatic heterocycles. The maximum Gasteiger partial charge on any atom is 0.341 e. The summed E-state index contributed by atoms with van der Waals surface area (Å²) in [4.78, 5) is 15.2. The Morgan fingerprint density at radius 1 is 1.54 bits per heavy atom. The number of esters is 1. The van der Waals surface area contributed by atoms with Gasteiger partial charge in [0, 0.05) is 37.3 Å². The first-order valence-electron chi connectivity index (χ1n) is 7.57. The number of hydrogen-bond donors (Lipinski definition) is 1. The van der Waals surface area contributed by atoms with E-state index in [2.05, 4.69) is 10.4 Å². The maximum absolute atomic E-state index is 12.1. The van der Waals surface area contributed by atoms with Crippen LogP contribution in [0.3, 0.4) is 0 Å². The van der Waals surface area contributed by atoms with E-state index >= 15 is 0 Å². The largest absolute Gasteiger partial charge is 0.465 e. The van der Waals surface area contributed by atoms with E-state index in [1.165, 1.54) is 18.4 Å². The monoisotopic (exact) mass is 366 g/mol. The third-order valence-corrected chi connectivity index (χ3v) is 5.17. The van der Waals surface area contributed by atoms with Gasteiger partial charge in [-0.1, -0.05) is 6.92 Å². The van der Waals surface area contributed by atoms with Gasteiger partial charge in [-0.15, -0.1) is 11.3 Å². The molecule has 0 spiro atoms. The molecule has 0 aliphatic rings. The van der Waals surface area contributed by atoms with Crippen LogP contribution in [0.15, 0.2) is 12.4 Å². The van der Waals surface area contributed by atoms with Crippen LogP contribution in [0.25, 0.3) is 0 Å². The highest BCUT2D eigenvalue weighted by Gasteiger charge is 2.23. The first-order chi connectivity index (χ1) is 11.4. The molecule has 0 bridgehead atoms. The molecule has 2 aromatic rings. The number of ether oxygens (including phenoxy) is 1. The first kappa shape index (κ1) is 18.4. The molecule has 2 heterocycles. The van der Waals surface area contributed by atoms with Gasteiger partial charge in [-0.3, -0.25) is 4.68 Å². The fourth-order valence-corrected chi connectivity index (χ4v) is 3.87. The molecule has 6 nitrogen and oxygen atoms in total. The van der Waals surface area contributed by atoms with E-state index < -0.39 is 0 Å². The Morgan fingerprint density at radius 3 is 2.79 bits per heavy atom. The highest BCUT2D eigenvalue weighted by Crippen LogP contribution is 2.34. The SMILES string of the molecule is CCc1c(C)sc(NC(=S)N(C)Cc2cnn(C)c2)c1C(=O)OC. The number of carbonyl (C=O) groups is 1. The number of carbonyl (C=O) groups excluding carboxylic acids is 1. The Labute approximate surface area is 151 Å². The molecule has 0 saturated heterocycles. The van der Waals surface area contributed by atoms with E-state index in [9.17, 15) is 4.79 Å². The quantitative estimate of drug-likeness (QED) is 0.648. The average Bonchev–Trinajstić information content (AvgIpc) is 3.09. The fraction of sp³-hybridized carbons (Fsp3) is 0.438. The normalized spacial score (nSPS) is 10.5. The van der Waals surface area contributed by atoms with Crippen molar-refractivity contribution < 1.29 is 9.53 Å². The number of anilines is 1. The number of methoxy groups -OCH3 is 1. The van der Waals surface area contributed by atoms with Gasteiger partial charge in [-0.05, 0) is 31.1 Å². The lowest BCUT2D eigenvalue weighted by atomic mass is 10.1. The van der Waals surface area contributed by atoms with Crippen LogP contribution in [-0.4, -0.2) is 39.9 Å². The summed E-state index contributed by atoms with van der Waals surface area (Å²) in [5, 5.41) is 8.63. The molecule has 0 radical (unpaired) electrons. The van der Waals surface area contributed by atoms with Crippen LogP contribution in [-0.2, 0) is 24.8 Å². The van der Waals surface area contributed by atoms with Crippen molar-refractivity contribution in [2.75, 3.05) is 19.5 Å². The van der Waals surface area contributed by atoms with Gasteiger partial charge in [0.25, 0.3) is 0 Å². The predicted molar refractivity (Wildman–Crippen MR) is 101 cm³/mol. The molecule has 1 N–H and O–H groups in total. The Morgan fingerprint density at radius 2 is 2.25 bits per heavy atom. The topological polar surface area (TPSA) is 59.4 Å². The van der Waals surface area contributed by atoms with Crippen molar-refractivity contribution in [1.82, 2.24) is 14.7 Å². The Kier molecular flexibility index (Phi) is 5.95. The van der Waals surface area contributed by atoms with E-state index in [0.29, 0.717) is 17.2 Å². The summed E-state index contributed by atoms with van der Waals surface area (Å²) in [6.07, 6.45) is 4.53. The zero-order valence-electron chi connectivity index (χ0n) is 14.5. The molecule has 0 saturated carbocycles. The highest BCUT2D eigenvalue weighted by molar-refractivity contribution is 7.80. The van der Waals surface area contributed by atoms with Crippen LogP contribution < -0.4 is 5.32 Å². The number of aryl methyl sites for hydroxylation is 2. The smallest absolute Gasteiger partial charge is 0.341 e. The number of nitrogens with zero attached hydrogens (tertiary/aromatic N) is 3. The number of nitrogens with one attached hydrogen (secondary N) is 1. The van der Waals surface area contributed by atoms with E-state index in [1.54, 1.807) is 4.68 Å². The van der Waals surface area contributed by atoms with Crippen LogP contribution in [0.5, 0.6) is 0 Å². The van der Waals surface area contributed by atoms with Crippen LogP contribution in [0.1, 0.15) is 33.3 Å². The fourth-order valence-electron chi connectivity index (χ4n) is 2.50. The lowest BCUT2D eigenvalue weighted by Gasteiger charge is -2.20. The third kappa shape index (κ3) is 3.93. The molecule has 130 valence electrons. The van der Waals surface area contributed by atoms with Gasteiger partial charge in [0.15, 0.2) is 5.11 Å². The van der Waals surface area contributed by atoms with E-state index in [0.717, 1.165) is 27.4 Å². The van der Waals surface area contributed by atoms with Gasteiger partial charge in [0.1, 0.15) is 5.00 Å². The molecule has 0 atom stereocenters.